The Morgan fingerprint density at radius 2 is 2.29 bits per heavy atom. The number of aryl methyl sites for hydroxylation is 1. The van der Waals surface area contributed by atoms with Crippen molar-refractivity contribution < 1.29 is 0 Å². The van der Waals surface area contributed by atoms with E-state index in [1.807, 2.05) is 6.20 Å². The van der Waals surface area contributed by atoms with Crippen LogP contribution in [0.2, 0.25) is 0 Å². The van der Waals surface area contributed by atoms with E-state index in [-0.39, 0.29) is 0 Å². The summed E-state index contributed by atoms with van der Waals surface area (Å²) in [5.74, 6) is 1.85. The molecule has 0 saturated heterocycles. The maximum atomic E-state index is 5.81. The Kier molecular flexibility index (Phi) is 4.69. The second kappa shape index (κ2) is 6.05. The average molecular weight is 318 g/mol. The summed E-state index contributed by atoms with van der Waals surface area (Å²) in [4.78, 5) is 7.01. The van der Waals surface area contributed by atoms with Crippen LogP contribution in [-0.4, -0.2) is 23.5 Å². The van der Waals surface area contributed by atoms with Crippen LogP contribution in [0.25, 0.3) is 0 Å². The van der Waals surface area contributed by atoms with Crippen molar-refractivity contribution in [3.05, 3.63) is 22.3 Å². The van der Waals surface area contributed by atoms with E-state index in [2.05, 4.69) is 38.8 Å². The van der Waals surface area contributed by atoms with E-state index in [9.17, 15) is 0 Å². The van der Waals surface area contributed by atoms with Crippen molar-refractivity contribution in [3.63, 3.8) is 0 Å². The summed E-state index contributed by atoms with van der Waals surface area (Å²) in [7, 11) is 0. The molecule has 1 aliphatic carbocycles. The van der Waals surface area contributed by atoms with Crippen LogP contribution >= 0.6 is 27.5 Å². The predicted octanol–water partition coefficient (Wildman–Crippen LogP) is 4.14. The van der Waals surface area contributed by atoms with Crippen LogP contribution in [0.1, 0.15) is 31.2 Å². The normalized spacial score (nSPS) is 15.7. The zero-order valence-electron chi connectivity index (χ0n) is 10.1. The van der Waals surface area contributed by atoms with E-state index in [4.69, 9.17) is 11.6 Å². The maximum Gasteiger partial charge on any atom is 0.131 e. The molecule has 4 heteroatoms. The molecule has 1 aromatic rings. The highest BCUT2D eigenvalue weighted by atomic mass is 79.9. The SMILES string of the molecule is Cc1cc(Br)cnc1N(CCCCl)C1CCC1. The van der Waals surface area contributed by atoms with Gasteiger partial charge in [0.2, 0.25) is 0 Å². The fraction of sp³-hybridized carbons (Fsp3) is 0.615. The highest BCUT2D eigenvalue weighted by Crippen LogP contribution is 2.31. The highest BCUT2D eigenvalue weighted by molar-refractivity contribution is 9.10. The van der Waals surface area contributed by atoms with Gasteiger partial charge in [-0.15, -0.1) is 11.6 Å². The first-order valence-electron chi connectivity index (χ1n) is 6.17. The minimum absolute atomic E-state index is 0.672. The van der Waals surface area contributed by atoms with Gasteiger partial charge in [0.25, 0.3) is 0 Å². The second-order valence-electron chi connectivity index (χ2n) is 4.61. The molecule has 0 aliphatic heterocycles. The third-order valence-corrected chi connectivity index (χ3v) is 4.04. The van der Waals surface area contributed by atoms with Crippen LogP contribution in [0.4, 0.5) is 5.82 Å². The summed E-state index contributed by atoms with van der Waals surface area (Å²) >= 11 is 9.27. The predicted molar refractivity (Wildman–Crippen MR) is 77.0 cm³/mol. The molecule has 0 amide bonds. The van der Waals surface area contributed by atoms with Crippen LogP contribution in [0.5, 0.6) is 0 Å². The molecular formula is C13H18BrClN2. The Morgan fingerprint density at radius 1 is 1.53 bits per heavy atom. The van der Waals surface area contributed by atoms with Gasteiger partial charge in [-0.3, -0.25) is 0 Å². The second-order valence-corrected chi connectivity index (χ2v) is 5.91. The van der Waals surface area contributed by atoms with Crippen LogP contribution in [-0.2, 0) is 0 Å². The Morgan fingerprint density at radius 3 is 2.82 bits per heavy atom. The minimum atomic E-state index is 0.672. The average Bonchev–Trinajstić information content (AvgIpc) is 2.22. The number of anilines is 1. The smallest absolute Gasteiger partial charge is 0.131 e. The highest BCUT2D eigenvalue weighted by Gasteiger charge is 2.26. The number of nitrogens with zero attached hydrogens (tertiary/aromatic N) is 2. The first-order valence-corrected chi connectivity index (χ1v) is 7.50. The van der Waals surface area contributed by atoms with Gasteiger partial charge < -0.3 is 4.90 Å². The number of alkyl halides is 1. The number of halogens is 2. The van der Waals surface area contributed by atoms with Gasteiger partial charge in [-0.05, 0) is 60.2 Å². The van der Waals surface area contributed by atoms with Gasteiger partial charge in [0.1, 0.15) is 5.82 Å². The number of aromatic nitrogens is 1. The Balaban J connectivity index is 2.17. The Hall–Kier alpha value is -0.280. The lowest BCUT2D eigenvalue weighted by molar-refractivity contribution is 0.383. The molecule has 1 saturated carbocycles. The first kappa shape index (κ1) is 13.2. The molecule has 2 nitrogen and oxygen atoms in total. The van der Waals surface area contributed by atoms with E-state index < -0.39 is 0 Å². The molecule has 0 unspecified atom stereocenters. The first-order chi connectivity index (χ1) is 8.22. The van der Waals surface area contributed by atoms with E-state index in [1.165, 1.54) is 24.8 Å². The van der Waals surface area contributed by atoms with E-state index >= 15 is 0 Å². The van der Waals surface area contributed by atoms with E-state index in [0.717, 1.165) is 29.1 Å². The minimum Gasteiger partial charge on any atom is -0.353 e. The zero-order chi connectivity index (χ0) is 12.3. The Bertz CT molecular complexity index is 380. The van der Waals surface area contributed by atoms with Crippen LogP contribution in [0.3, 0.4) is 0 Å². The molecule has 0 bridgehead atoms. The largest absolute Gasteiger partial charge is 0.353 e. The van der Waals surface area contributed by atoms with Crippen molar-refractivity contribution in [2.75, 3.05) is 17.3 Å². The number of pyridine rings is 1. The molecule has 1 aliphatic rings. The molecule has 1 aromatic heterocycles. The molecule has 0 spiro atoms. The van der Waals surface area contributed by atoms with Crippen molar-refractivity contribution in [2.24, 2.45) is 0 Å². The van der Waals surface area contributed by atoms with Crippen LogP contribution in [0, 0.1) is 6.92 Å². The van der Waals surface area contributed by atoms with Gasteiger partial charge >= 0.3 is 0 Å². The summed E-state index contributed by atoms with van der Waals surface area (Å²) < 4.78 is 1.05. The van der Waals surface area contributed by atoms with Crippen molar-refractivity contribution in [3.8, 4) is 0 Å². The summed E-state index contributed by atoms with van der Waals surface area (Å²) in [6.45, 7) is 3.14. The van der Waals surface area contributed by atoms with Gasteiger partial charge in [0, 0.05) is 29.1 Å². The van der Waals surface area contributed by atoms with Crippen molar-refractivity contribution in [1.82, 2.24) is 4.98 Å². The topological polar surface area (TPSA) is 16.1 Å². The standard InChI is InChI=1S/C13H18BrClN2/c1-10-8-11(14)9-16-13(10)17(7-3-6-15)12-4-2-5-12/h8-9,12H,2-7H2,1H3. The van der Waals surface area contributed by atoms with Gasteiger partial charge in [-0.25, -0.2) is 4.98 Å². The van der Waals surface area contributed by atoms with Gasteiger partial charge in [0.05, 0.1) is 0 Å². The fourth-order valence-corrected chi connectivity index (χ4v) is 2.79. The van der Waals surface area contributed by atoms with E-state index in [1.54, 1.807) is 0 Å². The maximum absolute atomic E-state index is 5.81. The lowest BCUT2D eigenvalue weighted by Crippen LogP contribution is -2.41. The number of rotatable bonds is 5. The quantitative estimate of drug-likeness (QED) is 0.759. The third kappa shape index (κ3) is 3.14. The monoisotopic (exact) mass is 316 g/mol. The van der Waals surface area contributed by atoms with Gasteiger partial charge in [-0.1, -0.05) is 0 Å². The molecule has 1 fully saturated rings. The number of hydrogen-bond donors (Lipinski definition) is 0. The molecular weight excluding hydrogens is 300 g/mol. The van der Waals surface area contributed by atoms with Crippen molar-refractivity contribution >= 4 is 33.3 Å². The fourth-order valence-electron chi connectivity index (χ4n) is 2.22. The van der Waals surface area contributed by atoms with Gasteiger partial charge in [0.15, 0.2) is 0 Å². The third-order valence-electron chi connectivity index (χ3n) is 3.34. The van der Waals surface area contributed by atoms with Crippen LogP contribution in [0.15, 0.2) is 16.7 Å². The molecule has 0 radical (unpaired) electrons. The van der Waals surface area contributed by atoms with Gasteiger partial charge in [-0.2, -0.15) is 0 Å². The lowest BCUT2D eigenvalue weighted by Gasteiger charge is -2.39. The summed E-state index contributed by atoms with van der Waals surface area (Å²) in [6, 6.07) is 2.81. The lowest BCUT2D eigenvalue weighted by atomic mass is 9.91. The summed E-state index contributed by atoms with van der Waals surface area (Å²) in [6.07, 6.45) is 6.83. The zero-order valence-corrected chi connectivity index (χ0v) is 12.5. The van der Waals surface area contributed by atoms with Crippen molar-refractivity contribution in [1.29, 1.82) is 0 Å². The summed E-state index contributed by atoms with van der Waals surface area (Å²) in [5.41, 5.74) is 1.24. The van der Waals surface area contributed by atoms with Crippen LogP contribution < -0.4 is 4.90 Å². The summed E-state index contributed by atoms with van der Waals surface area (Å²) in [5, 5.41) is 0. The molecule has 0 N–H and O–H groups in total. The molecule has 17 heavy (non-hydrogen) atoms. The molecule has 94 valence electrons. The molecule has 1 heterocycles. The molecule has 0 aromatic carbocycles. The molecule has 2 rings (SSSR count). The number of hydrogen-bond acceptors (Lipinski definition) is 2. The van der Waals surface area contributed by atoms with Crippen molar-refractivity contribution in [2.45, 2.75) is 38.6 Å². The molecule has 0 atom stereocenters. The Labute approximate surface area is 116 Å². The van der Waals surface area contributed by atoms with E-state index in [0.29, 0.717) is 6.04 Å².